The number of guanidine groups is 1. The van der Waals surface area contributed by atoms with Gasteiger partial charge in [0.05, 0.1) is 0 Å². The molecule has 7 nitrogen and oxygen atoms in total. The van der Waals surface area contributed by atoms with Gasteiger partial charge in [-0.25, -0.2) is 0 Å². The SMILES string of the molecule is CCC/N=C(/N)Nc1ccn(CCCCC(N)=O)n1. The van der Waals surface area contributed by atoms with E-state index in [0.29, 0.717) is 24.7 Å². The number of unbranched alkanes of at least 4 members (excludes halogenated alkanes) is 1. The molecule has 1 aromatic rings. The van der Waals surface area contributed by atoms with Crippen LogP contribution in [0.1, 0.15) is 32.6 Å². The van der Waals surface area contributed by atoms with Gasteiger partial charge in [-0.2, -0.15) is 5.10 Å². The number of aryl methyl sites for hydroxylation is 1. The summed E-state index contributed by atoms with van der Waals surface area (Å²) in [6.45, 7) is 3.49. The first-order valence-corrected chi connectivity index (χ1v) is 6.50. The fourth-order valence-corrected chi connectivity index (χ4v) is 1.53. The van der Waals surface area contributed by atoms with E-state index in [1.165, 1.54) is 0 Å². The van der Waals surface area contributed by atoms with Crippen LogP contribution in [0.15, 0.2) is 17.3 Å². The van der Waals surface area contributed by atoms with Crippen molar-refractivity contribution < 1.29 is 4.79 Å². The topological polar surface area (TPSA) is 111 Å². The number of nitrogens with zero attached hydrogens (tertiary/aromatic N) is 3. The molecule has 0 atom stereocenters. The lowest BCUT2D eigenvalue weighted by Crippen LogP contribution is -2.23. The van der Waals surface area contributed by atoms with Gasteiger partial charge < -0.3 is 16.8 Å². The van der Waals surface area contributed by atoms with Crippen molar-refractivity contribution in [1.29, 1.82) is 0 Å². The summed E-state index contributed by atoms with van der Waals surface area (Å²) in [6, 6.07) is 1.84. The highest BCUT2D eigenvalue weighted by molar-refractivity contribution is 5.91. The van der Waals surface area contributed by atoms with Crippen molar-refractivity contribution in [2.45, 2.75) is 39.2 Å². The molecule has 0 saturated heterocycles. The van der Waals surface area contributed by atoms with E-state index in [0.717, 1.165) is 25.8 Å². The van der Waals surface area contributed by atoms with Crippen LogP contribution in [-0.2, 0) is 11.3 Å². The third-order valence-corrected chi connectivity index (χ3v) is 2.46. The van der Waals surface area contributed by atoms with E-state index in [1.54, 1.807) is 4.68 Å². The van der Waals surface area contributed by atoms with Crippen LogP contribution in [0.3, 0.4) is 0 Å². The van der Waals surface area contributed by atoms with Gasteiger partial charge in [-0.1, -0.05) is 6.92 Å². The molecule has 0 bridgehead atoms. The number of rotatable bonds is 8. The van der Waals surface area contributed by atoms with Crippen molar-refractivity contribution in [1.82, 2.24) is 9.78 Å². The number of nitrogens with two attached hydrogens (primary N) is 2. The number of aromatic nitrogens is 2. The lowest BCUT2D eigenvalue weighted by atomic mass is 10.2. The van der Waals surface area contributed by atoms with Crippen molar-refractivity contribution >= 4 is 17.7 Å². The van der Waals surface area contributed by atoms with Crippen molar-refractivity contribution in [3.8, 4) is 0 Å². The minimum Gasteiger partial charge on any atom is -0.370 e. The number of nitrogens with one attached hydrogen (secondary N) is 1. The standard InChI is InChI=1S/C12H22N6O/c1-2-7-15-12(14)16-11-6-9-18(17-11)8-4-3-5-10(13)19/h6,9H,2-5,7-8H2,1H3,(H2,13,19)(H3,14,15,16,17). The van der Waals surface area contributed by atoms with Crippen molar-refractivity contribution in [3.63, 3.8) is 0 Å². The Hall–Kier alpha value is -2.05. The van der Waals surface area contributed by atoms with Crippen LogP contribution >= 0.6 is 0 Å². The third kappa shape index (κ3) is 6.44. The van der Waals surface area contributed by atoms with Crippen LogP contribution in [0.2, 0.25) is 0 Å². The Kier molecular flexibility index (Phi) is 6.42. The van der Waals surface area contributed by atoms with Gasteiger partial charge in [0.25, 0.3) is 0 Å². The van der Waals surface area contributed by atoms with Crippen LogP contribution in [-0.4, -0.2) is 28.2 Å². The maximum atomic E-state index is 10.6. The van der Waals surface area contributed by atoms with Crippen molar-refractivity contribution in [3.05, 3.63) is 12.3 Å². The van der Waals surface area contributed by atoms with E-state index in [9.17, 15) is 4.79 Å². The number of carbonyl (C=O) groups excluding carboxylic acids is 1. The van der Waals surface area contributed by atoms with Gasteiger partial charge in [-0.3, -0.25) is 14.5 Å². The van der Waals surface area contributed by atoms with Crippen LogP contribution in [0.4, 0.5) is 5.82 Å². The second kappa shape index (κ2) is 8.12. The molecule has 7 heteroatoms. The zero-order valence-electron chi connectivity index (χ0n) is 11.3. The molecule has 0 radical (unpaired) electrons. The molecule has 0 unspecified atom stereocenters. The molecule has 106 valence electrons. The van der Waals surface area contributed by atoms with Gasteiger partial charge in [-0.15, -0.1) is 0 Å². The molecule has 0 aliphatic rings. The van der Waals surface area contributed by atoms with Crippen molar-refractivity contribution in [2.75, 3.05) is 11.9 Å². The normalized spacial score (nSPS) is 11.5. The van der Waals surface area contributed by atoms with E-state index in [4.69, 9.17) is 11.5 Å². The number of aliphatic imine (C=N–C) groups is 1. The average molecular weight is 266 g/mol. The van der Waals surface area contributed by atoms with E-state index in [-0.39, 0.29) is 5.91 Å². The number of primary amides is 1. The number of anilines is 1. The van der Waals surface area contributed by atoms with Gasteiger partial charge >= 0.3 is 0 Å². The summed E-state index contributed by atoms with van der Waals surface area (Å²) >= 11 is 0. The van der Waals surface area contributed by atoms with Gasteiger partial charge in [0.2, 0.25) is 5.91 Å². The van der Waals surface area contributed by atoms with E-state index < -0.39 is 0 Å². The molecule has 0 spiro atoms. The Morgan fingerprint density at radius 1 is 1.47 bits per heavy atom. The Morgan fingerprint density at radius 3 is 2.95 bits per heavy atom. The summed E-state index contributed by atoms with van der Waals surface area (Å²) in [5, 5.41) is 7.23. The molecular formula is C12H22N6O. The summed E-state index contributed by atoms with van der Waals surface area (Å²) < 4.78 is 1.80. The lowest BCUT2D eigenvalue weighted by molar-refractivity contribution is -0.118. The van der Waals surface area contributed by atoms with Gasteiger partial charge in [0.1, 0.15) is 0 Å². The predicted octanol–water partition coefficient (Wildman–Crippen LogP) is 0.675. The zero-order valence-corrected chi connectivity index (χ0v) is 11.3. The molecule has 0 aliphatic carbocycles. The van der Waals surface area contributed by atoms with Gasteiger partial charge in [0, 0.05) is 31.8 Å². The molecule has 1 amide bonds. The number of hydrogen-bond donors (Lipinski definition) is 3. The Morgan fingerprint density at radius 2 is 2.26 bits per heavy atom. The largest absolute Gasteiger partial charge is 0.370 e. The first-order valence-electron chi connectivity index (χ1n) is 6.50. The molecule has 0 aromatic carbocycles. The highest BCUT2D eigenvalue weighted by Crippen LogP contribution is 2.04. The maximum Gasteiger partial charge on any atom is 0.217 e. The third-order valence-electron chi connectivity index (χ3n) is 2.46. The average Bonchev–Trinajstić information content (AvgIpc) is 2.79. The molecule has 0 fully saturated rings. The van der Waals surface area contributed by atoms with Crippen LogP contribution in [0.5, 0.6) is 0 Å². The molecule has 0 saturated carbocycles. The first-order chi connectivity index (χ1) is 9.11. The van der Waals surface area contributed by atoms with Crippen LogP contribution in [0.25, 0.3) is 0 Å². The number of amides is 1. The Bertz CT molecular complexity index is 426. The van der Waals surface area contributed by atoms with Crippen LogP contribution in [0, 0.1) is 0 Å². The highest BCUT2D eigenvalue weighted by atomic mass is 16.1. The minimum absolute atomic E-state index is 0.261. The van der Waals surface area contributed by atoms with Crippen molar-refractivity contribution in [2.24, 2.45) is 16.5 Å². The second-order valence-corrected chi connectivity index (χ2v) is 4.28. The van der Waals surface area contributed by atoms with Crippen LogP contribution < -0.4 is 16.8 Å². The van der Waals surface area contributed by atoms with E-state index in [2.05, 4.69) is 15.4 Å². The van der Waals surface area contributed by atoms with Gasteiger partial charge in [0.15, 0.2) is 11.8 Å². The Labute approximate surface area is 113 Å². The summed E-state index contributed by atoms with van der Waals surface area (Å²) in [7, 11) is 0. The lowest BCUT2D eigenvalue weighted by Gasteiger charge is -2.02. The molecule has 5 N–H and O–H groups in total. The quantitative estimate of drug-likeness (QED) is 0.365. The molecule has 1 heterocycles. The minimum atomic E-state index is -0.261. The molecule has 1 rings (SSSR count). The molecule has 0 aliphatic heterocycles. The smallest absolute Gasteiger partial charge is 0.217 e. The monoisotopic (exact) mass is 266 g/mol. The number of hydrogen-bond acceptors (Lipinski definition) is 3. The summed E-state index contributed by atoms with van der Waals surface area (Å²) in [5.74, 6) is 0.788. The van der Waals surface area contributed by atoms with E-state index in [1.807, 2.05) is 19.2 Å². The van der Waals surface area contributed by atoms with Gasteiger partial charge in [-0.05, 0) is 19.3 Å². The fraction of sp³-hybridized carbons (Fsp3) is 0.583. The molecule has 1 aromatic heterocycles. The maximum absolute atomic E-state index is 10.6. The Balaban J connectivity index is 2.33. The molecule has 19 heavy (non-hydrogen) atoms. The predicted molar refractivity (Wildman–Crippen MR) is 75.7 cm³/mol. The zero-order chi connectivity index (χ0) is 14.1. The second-order valence-electron chi connectivity index (χ2n) is 4.28. The van der Waals surface area contributed by atoms with E-state index >= 15 is 0 Å². The fourth-order valence-electron chi connectivity index (χ4n) is 1.53. The summed E-state index contributed by atoms with van der Waals surface area (Å²) in [4.78, 5) is 14.7. The highest BCUT2D eigenvalue weighted by Gasteiger charge is 2.00. The summed E-state index contributed by atoms with van der Waals surface area (Å²) in [5.41, 5.74) is 10.8. The summed E-state index contributed by atoms with van der Waals surface area (Å²) in [6.07, 6.45) is 4.88. The molecular weight excluding hydrogens is 244 g/mol. The number of carbonyl (C=O) groups is 1. The first kappa shape index (κ1) is 15.0.